The number of aromatic nitrogens is 1. The number of carbonyl (C=O) groups is 1. The molecule has 3 aromatic rings. The Morgan fingerprint density at radius 1 is 1.28 bits per heavy atom. The van der Waals surface area contributed by atoms with Crippen LogP contribution in [0.25, 0.3) is 10.2 Å². The summed E-state index contributed by atoms with van der Waals surface area (Å²) in [5.41, 5.74) is 3.26. The van der Waals surface area contributed by atoms with Crippen molar-refractivity contribution in [2.24, 2.45) is 4.99 Å². The number of hydrogen-bond donors (Lipinski definition) is 1. The van der Waals surface area contributed by atoms with Crippen LogP contribution in [0.1, 0.15) is 15.9 Å². The van der Waals surface area contributed by atoms with Gasteiger partial charge in [0.1, 0.15) is 0 Å². The summed E-state index contributed by atoms with van der Waals surface area (Å²) in [5, 5.41) is 8.93. The fraction of sp³-hybridized carbons (Fsp3) is 0.167. The van der Waals surface area contributed by atoms with Gasteiger partial charge in [0.2, 0.25) is 0 Å². The molecule has 5 nitrogen and oxygen atoms in total. The van der Waals surface area contributed by atoms with Gasteiger partial charge in [-0.05, 0) is 35.9 Å². The van der Waals surface area contributed by atoms with Gasteiger partial charge in [0.05, 0.1) is 27.8 Å². The SMILES string of the molecule is CN(C)C=Nc1ccc2nc(SCc3ccc(C(=O)O)cc3)sc2c1. The number of carboxylic acid groups (broad SMARTS) is 1. The predicted octanol–water partition coefficient (Wildman–Crippen LogP) is 4.51. The monoisotopic (exact) mass is 371 g/mol. The van der Waals surface area contributed by atoms with E-state index in [9.17, 15) is 4.79 Å². The van der Waals surface area contributed by atoms with Gasteiger partial charge in [0.25, 0.3) is 0 Å². The van der Waals surface area contributed by atoms with E-state index in [2.05, 4.69) is 9.98 Å². The van der Waals surface area contributed by atoms with Crippen molar-refractivity contribution >= 4 is 51.3 Å². The maximum Gasteiger partial charge on any atom is 0.335 e. The van der Waals surface area contributed by atoms with Gasteiger partial charge >= 0.3 is 5.97 Å². The third kappa shape index (κ3) is 4.58. The Hall–Kier alpha value is -2.38. The van der Waals surface area contributed by atoms with Gasteiger partial charge in [-0.3, -0.25) is 0 Å². The lowest BCUT2D eigenvalue weighted by Gasteiger charge is -2.01. The molecule has 0 saturated heterocycles. The van der Waals surface area contributed by atoms with E-state index in [0.717, 1.165) is 31.6 Å². The summed E-state index contributed by atoms with van der Waals surface area (Å²) < 4.78 is 2.10. The van der Waals surface area contributed by atoms with Crippen molar-refractivity contribution in [3.63, 3.8) is 0 Å². The zero-order valence-corrected chi connectivity index (χ0v) is 15.5. The molecule has 1 aromatic heterocycles. The lowest BCUT2D eigenvalue weighted by Crippen LogP contribution is -2.06. The highest BCUT2D eigenvalue weighted by atomic mass is 32.2. The third-order valence-corrected chi connectivity index (χ3v) is 5.59. The molecular formula is C18H17N3O2S2. The average Bonchev–Trinajstić information content (AvgIpc) is 3.00. The van der Waals surface area contributed by atoms with Crippen molar-refractivity contribution < 1.29 is 9.90 Å². The van der Waals surface area contributed by atoms with Crippen LogP contribution < -0.4 is 0 Å². The molecule has 1 N–H and O–H groups in total. The number of aliphatic imine (C=N–C) groups is 1. The van der Waals surface area contributed by atoms with Crippen molar-refractivity contribution in [3.05, 3.63) is 53.6 Å². The van der Waals surface area contributed by atoms with E-state index >= 15 is 0 Å². The number of benzene rings is 2. The van der Waals surface area contributed by atoms with Crippen molar-refractivity contribution in [1.29, 1.82) is 0 Å². The first-order chi connectivity index (χ1) is 12.0. The van der Waals surface area contributed by atoms with E-state index in [4.69, 9.17) is 5.11 Å². The van der Waals surface area contributed by atoms with Crippen LogP contribution in [-0.2, 0) is 5.75 Å². The van der Waals surface area contributed by atoms with Crippen LogP contribution in [-0.4, -0.2) is 41.4 Å². The molecule has 0 fully saturated rings. The van der Waals surface area contributed by atoms with E-state index in [1.807, 2.05) is 49.3 Å². The van der Waals surface area contributed by atoms with E-state index in [1.165, 1.54) is 0 Å². The number of aromatic carboxylic acids is 1. The molecule has 0 atom stereocenters. The normalized spacial score (nSPS) is 11.3. The first kappa shape index (κ1) is 17.4. The largest absolute Gasteiger partial charge is 0.478 e. The van der Waals surface area contributed by atoms with Crippen LogP contribution in [0.5, 0.6) is 0 Å². The molecule has 7 heteroatoms. The number of carboxylic acids is 1. The van der Waals surface area contributed by atoms with Crippen molar-refractivity contribution in [1.82, 2.24) is 9.88 Å². The van der Waals surface area contributed by atoms with Crippen molar-refractivity contribution in [3.8, 4) is 0 Å². The Bertz CT molecular complexity index is 918. The summed E-state index contributed by atoms with van der Waals surface area (Å²) in [6.07, 6.45) is 1.78. The Kier molecular flexibility index (Phi) is 5.35. The fourth-order valence-electron chi connectivity index (χ4n) is 2.10. The summed E-state index contributed by atoms with van der Waals surface area (Å²) in [6.45, 7) is 0. The summed E-state index contributed by atoms with van der Waals surface area (Å²) in [7, 11) is 3.87. The van der Waals surface area contributed by atoms with Crippen LogP contribution >= 0.6 is 23.1 Å². The van der Waals surface area contributed by atoms with Gasteiger partial charge in [-0.15, -0.1) is 11.3 Å². The molecule has 0 amide bonds. The van der Waals surface area contributed by atoms with Gasteiger partial charge in [-0.1, -0.05) is 23.9 Å². The Balaban J connectivity index is 1.70. The van der Waals surface area contributed by atoms with Crippen LogP contribution in [0.15, 0.2) is 51.8 Å². The second kappa shape index (κ2) is 7.67. The lowest BCUT2D eigenvalue weighted by molar-refractivity contribution is 0.0697. The molecule has 0 unspecified atom stereocenters. The van der Waals surface area contributed by atoms with E-state index in [1.54, 1.807) is 41.6 Å². The highest BCUT2D eigenvalue weighted by molar-refractivity contribution is 8.00. The summed E-state index contributed by atoms with van der Waals surface area (Å²) >= 11 is 3.29. The topological polar surface area (TPSA) is 65.8 Å². The van der Waals surface area contributed by atoms with Gasteiger partial charge < -0.3 is 10.0 Å². The molecule has 0 aliphatic carbocycles. The molecule has 0 aliphatic heterocycles. The quantitative estimate of drug-likeness (QED) is 0.392. The highest BCUT2D eigenvalue weighted by Gasteiger charge is 2.07. The van der Waals surface area contributed by atoms with E-state index in [-0.39, 0.29) is 0 Å². The molecule has 25 heavy (non-hydrogen) atoms. The summed E-state index contributed by atoms with van der Waals surface area (Å²) in [6, 6.07) is 12.9. The maximum absolute atomic E-state index is 10.9. The molecule has 0 spiro atoms. The molecule has 0 radical (unpaired) electrons. The standard InChI is InChI=1S/C18H17N3O2S2/c1-21(2)11-19-14-7-8-15-16(9-14)25-18(20-15)24-10-12-3-5-13(6-4-12)17(22)23/h3-9,11H,10H2,1-2H3,(H,22,23). The van der Waals surface area contributed by atoms with E-state index < -0.39 is 5.97 Å². The molecular weight excluding hydrogens is 354 g/mol. The van der Waals surface area contributed by atoms with Crippen LogP contribution in [0.3, 0.4) is 0 Å². The van der Waals surface area contributed by atoms with Crippen molar-refractivity contribution in [2.45, 2.75) is 10.1 Å². The maximum atomic E-state index is 10.9. The molecule has 0 aliphatic rings. The number of fused-ring (bicyclic) bond motifs is 1. The van der Waals surface area contributed by atoms with Crippen molar-refractivity contribution in [2.75, 3.05) is 14.1 Å². The Morgan fingerprint density at radius 2 is 2.04 bits per heavy atom. The molecule has 2 aromatic carbocycles. The lowest BCUT2D eigenvalue weighted by atomic mass is 10.1. The minimum Gasteiger partial charge on any atom is -0.478 e. The van der Waals surface area contributed by atoms with Gasteiger partial charge in [-0.25, -0.2) is 14.8 Å². The molecule has 128 valence electrons. The number of nitrogens with zero attached hydrogens (tertiary/aromatic N) is 3. The van der Waals surface area contributed by atoms with Crippen LogP contribution in [0.2, 0.25) is 0 Å². The fourth-order valence-corrected chi connectivity index (χ4v) is 4.16. The molecule has 0 bridgehead atoms. The Labute approximate surface area is 154 Å². The number of rotatable bonds is 6. The number of thioether (sulfide) groups is 1. The van der Waals surface area contributed by atoms with Gasteiger partial charge in [-0.2, -0.15) is 0 Å². The zero-order valence-electron chi connectivity index (χ0n) is 13.8. The first-order valence-corrected chi connectivity index (χ1v) is 9.38. The smallest absolute Gasteiger partial charge is 0.335 e. The second-order valence-electron chi connectivity index (χ2n) is 5.63. The van der Waals surface area contributed by atoms with Gasteiger partial charge in [0, 0.05) is 19.8 Å². The molecule has 3 rings (SSSR count). The average molecular weight is 371 g/mol. The van der Waals surface area contributed by atoms with E-state index in [0.29, 0.717) is 5.56 Å². The van der Waals surface area contributed by atoms with Crippen LogP contribution in [0.4, 0.5) is 5.69 Å². The highest BCUT2D eigenvalue weighted by Crippen LogP contribution is 2.33. The second-order valence-corrected chi connectivity index (χ2v) is 7.88. The summed E-state index contributed by atoms with van der Waals surface area (Å²) in [4.78, 5) is 21.8. The first-order valence-electron chi connectivity index (χ1n) is 7.57. The molecule has 1 heterocycles. The number of thiazole rings is 1. The summed E-state index contributed by atoms with van der Waals surface area (Å²) in [5.74, 6) is -0.149. The predicted molar refractivity (Wildman–Crippen MR) is 104 cm³/mol. The molecule has 0 saturated carbocycles. The van der Waals surface area contributed by atoms with Gasteiger partial charge in [0.15, 0.2) is 4.34 Å². The third-order valence-electron chi connectivity index (χ3n) is 3.35. The minimum absolute atomic E-state index is 0.305. The Morgan fingerprint density at radius 3 is 2.72 bits per heavy atom. The number of hydrogen-bond acceptors (Lipinski definition) is 5. The minimum atomic E-state index is -0.905. The zero-order chi connectivity index (χ0) is 17.8. The van der Waals surface area contributed by atoms with Crippen LogP contribution in [0, 0.1) is 0 Å².